The van der Waals surface area contributed by atoms with Gasteiger partial charge in [-0.15, -0.1) is 0 Å². The summed E-state index contributed by atoms with van der Waals surface area (Å²) in [5, 5.41) is 3.23. The second kappa shape index (κ2) is 5.42. The SMILES string of the molecule is CC1(C)COc2c(Oc3ccc(C(N)=O)cc3F)ccnc2N1. The van der Waals surface area contributed by atoms with Crippen molar-refractivity contribution in [1.82, 2.24) is 4.98 Å². The van der Waals surface area contributed by atoms with Crippen molar-refractivity contribution < 1.29 is 18.7 Å². The molecule has 6 nitrogen and oxygen atoms in total. The van der Waals surface area contributed by atoms with Crippen LogP contribution in [0.1, 0.15) is 24.2 Å². The van der Waals surface area contributed by atoms with Crippen molar-refractivity contribution in [2.24, 2.45) is 5.73 Å². The van der Waals surface area contributed by atoms with Crippen LogP contribution >= 0.6 is 0 Å². The van der Waals surface area contributed by atoms with E-state index in [1.165, 1.54) is 12.1 Å². The minimum atomic E-state index is -0.702. The number of benzene rings is 1. The highest BCUT2D eigenvalue weighted by molar-refractivity contribution is 5.92. The van der Waals surface area contributed by atoms with Crippen molar-refractivity contribution in [2.45, 2.75) is 19.4 Å². The largest absolute Gasteiger partial charge is 0.484 e. The van der Waals surface area contributed by atoms with E-state index in [1.807, 2.05) is 13.8 Å². The Labute approximate surface area is 132 Å². The number of pyridine rings is 1. The number of aromatic nitrogens is 1. The van der Waals surface area contributed by atoms with Gasteiger partial charge in [0.15, 0.2) is 23.1 Å². The van der Waals surface area contributed by atoms with E-state index < -0.39 is 11.7 Å². The summed E-state index contributed by atoms with van der Waals surface area (Å²) in [7, 11) is 0. The number of hydrogen-bond donors (Lipinski definition) is 2. The summed E-state index contributed by atoms with van der Waals surface area (Å²) in [4.78, 5) is 15.3. The number of rotatable bonds is 3. The van der Waals surface area contributed by atoms with E-state index in [2.05, 4.69) is 10.3 Å². The molecule has 3 rings (SSSR count). The molecule has 0 saturated heterocycles. The Hall–Kier alpha value is -2.83. The topological polar surface area (TPSA) is 86.5 Å². The molecule has 23 heavy (non-hydrogen) atoms. The van der Waals surface area contributed by atoms with Gasteiger partial charge in [0.05, 0.1) is 5.54 Å². The molecule has 7 heteroatoms. The van der Waals surface area contributed by atoms with Gasteiger partial charge in [-0.05, 0) is 32.0 Å². The second-order valence-electron chi connectivity index (χ2n) is 5.90. The molecule has 3 N–H and O–H groups in total. The minimum Gasteiger partial charge on any atom is -0.484 e. The van der Waals surface area contributed by atoms with Gasteiger partial charge < -0.3 is 20.5 Å². The number of nitrogens with one attached hydrogen (secondary N) is 1. The highest BCUT2D eigenvalue weighted by Crippen LogP contribution is 2.40. The molecule has 0 bridgehead atoms. The molecule has 1 aromatic heterocycles. The Balaban J connectivity index is 1.91. The Bertz CT molecular complexity index is 777. The average Bonchev–Trinajstić information content (AvgIpc) is 2.48. The van der Waals surface area contributed by atoms with Crippen LogP contribution < -0.4 is 20.5 Å². The predicted octanol–water partition coefficient (Wildman–Crippen LogP) is 2.69. The number of hydrogen-bond acceptors (Lipinski definition) is 5. The summed E-state index contributed by atoms with van der Waals surface area (Å²) in [6.45, 7) is 4.38. The van der Waals surface area contributed by atoms with E-state index >= 15 is 0 Å². The normalized spacial score (nSPS) is 15.1. The molecule has 0 radical (unpaired) electrons. The molecule has 0 fully saturated rings. The van der Waals surface area contributed by atoms with Crippen LogP contribution in [0.4, 0.5) is 10.2 Å². The molecular weight excluding hydrogens is 301 g/mol. The number of amides is 1. The van der Waals surface area contributed by atoms with Crippen LogP contribution in [0.2, 0.25) is 0 Å². The van der Waals surface area contributed by atoms with Crippen LogP contribution in [0.3, 0.4) is 0 Å². The third-order valence-electron chi connectivity index (χ3n) is 3.34. The molecule has 0 spiro atoms. The van der Waals surface area contributed by atoms with Gasteiger partial charge in [-0.2, -0.15) is 0 Å². The maximum Gasteiger partial charge on any atom is 0.248 e. The fourth-order valence-electron chi connectivity index (χ4n) is 2.20. The number of primary amides is 1. The van der Waals surface area contributed by atoms with Gasteiger partial charge in [0.1, 0.15) is 6.61 Å². The number of nitrogens with zero attached hydrogens (tertiary/aromatic N) is 1. The molecule has 1 aliphatic heterocycles. The Morgan fingerprint density at radius 3 is 2.87 bits per heavy atom. The first-order valence-electron chi connectivity index (χ1n) is 7.03. The number of nitrogens with two attached hydrogens (primary N) is 1. The van der Waals surface area contributed by atoms with Crippen LogP contribution in [0.15, 0.2) is 30.5 Å². The van der Waals surface area contributed by atoms with Gasteiger partial charge in [0.2, 0.25) is 11.7 Å². The number of carbonyl (C=O) groups is 1. The lowest BCUT2D eigenvalue weighted by molar-refractivity contribution is 0.1000. The quantitative estimate of drug-likeness (QED) is 0.909. The highest BCUT2D eigenvalue weighted by Gasteiger charge is 2.29. The Kier molecular flexibility index (Phi) is 3.55. The maximum absolute atomic E-state index is 14.0. The summed E-state index contributed by atoms with van der Waals surface area (Å²) >= 11 is 0. The molecule has 1 amide bonds. The Morgan fingerprint density at radius 1 is 1.39 bits per heavy atom. The average molecular weight is 317 g/mol. The number of anilines is 1. The van der Waals surface area contributed by atoms with E-state index in [9.17, 15) is 9.18 Å². The summed E-state index contributed by atoms with van der Waals surface area (Å²) in [5.41, 5.74) is 4.94. The lowest BCUT2D eigenvalue weighted by Crippen LogP contribution is -2.41. The van der Waals surface area contributed by atoms with E-state index in [1.54, 1.807) is 12.3 Å². The lowest BCUT2D eigenvalue weighted by Gasteiger charge is -2.33. The highest BCUT2D eigenvalue weighted by atomic mass is 19.1. The summed E-state index contributed by atoms with van der Waals surface area (Å²) in [6.07, 6.45) is 1.54. The van der Waals surface area contributed by atoms with Crippen LogP contribution in [-0.4, -0.2) is 23.0 Å². The first kappa shape index (κ1) is 15.1. The molecule has 1 aliphatic rings. The molecule has 2 aromatic rings. The predicted molar refractivity (Wildman–Crippen MR) is 82.4 cm³/mol. The fourth-order valence-corrected chi connectivity index (χ4v) is 2.20. The first-order valence-corrected chi connectivity index (χ1v) is 7.03. The van der Waals surface area contributed by atoms with Crippen LogP contribution in [0.25, 0.3) is 0 Å². The summed E-state index contributed by atoms with van der Waals surface area (Å²) in [5.74, 6) is -0.124. The number of carbonyl (C=O) groups excluding carboxylic acids is 1. The molecule has 0 aliphatic carbocycles. The van der Waals surface area contributed by atoms with Crippen molar-refractivity contribution in [2.75, 3.05) is 11.9 Å². The van der Waals surface area contributed by atoms with Crippen molar-refractivity contribution in [1.29, 1.82) is 0 Å². The Morgan fingerprint density at radius 2 is 2.17 bits per heavy atom. The van der Waals surface area contributed by atoms with E-state index in [4.69, 9.17) is 15.2 Å². The van der Waals surface area contributed by atoms with Crippen LogP contribution in [-0.2, 0) is 0 Å². The van der Waals surface area contributed by atoms with Gasteiger partial charge in [0.25, 0.3) is 0 Å². The minimum absolute atomic E-state index is 0.0307. The molecule has 2 heterocycles. The van der Waals surface area contributed by atoms with E-state index in [-0.39, 0.29) is 16.9 Å². The molecule has 0 saturated carbocycles. The monoisotopic (exact) mass is 317 g/mol. The molecule has 0 atom stereocenters. The van der Waals surface area contributed by atoms with Gasteiger partial charge in [-0.3, -0.25) is 4.79 Å². The van der Waals surface area contributed by atoms with Gasteiger partial charge in [-0.1, -0.05) is 0 Å². The second-order valence-corrected chi connectivity index (χ2v) is 5.90. The van der Waals surface area contributed by atoms with Gasteiger partial charge >= 0.3 is 0 Å². The first-order chi connectivity index (χ1) is 10.9. The zero-order valence-electron chi connectivity index (χ0n) is 12.7. The van der Waals surface area contributed by atoms with Crippen molar-refractivity contribution in [3.05, 3.63) is 41.8 Å². The van der Waals surface area contributed by atoms with Crippen LogP contribution in [0, 0.1) is 5.82 Å². The van der Waals surface area contributed by atoms with Crippen molar-refractivity contribution in [3.8, 4) is 17.2 Å². The molecule has 1 aromatic carbocycles. The van der Waals surface area contributed by atoms with Crippen molar-refractivity contribution in [3.63, 3.8) is 0 Å². The zero-order chi connectivity index (χ0) is 16.6. The fraction of sp³-hybridized carbons (Fsp3) is 0.250. The molecule has 0 unspecified atom stereocenters. The third-order valence-corrected chi connectivity index (χ3v) is 3.34. The number of halogens is 1. The van der Waals surface area contributed by atoms with E-state index in [0.717, 1.165) is 6.07 Å². The van der Waals surface area contributed by atoms with Crippen LogP contribution in [0.5, 0.6) is 17.2 Å². The summed E-state index contributed by atoms with van der Waals surface area (Å²) < 4.78 is 25.3. The van der Waals surface area contributed by atoms with Crippen molar-refractivity contribution >= 4 is 11.7 Å². The smallest absolute Gasteiger partial charge is 0.248 e. The zero-order valence-corrected chi connectivity index (χ0v) is 12.7. The molecular formula is C16H16FN3O3. The number of ether oxygens (including phenoxy) is 2. The standard InChI is InChI=1S/C16H16FN3O3/c1-16(2)8-22-13-12(5-6-19-15(13)20-16)23-11-4-3-9(14(18)21)7-10(11)17/h3-7H,8H2,1-2H3,(H2,18,21)(H,19,20). The van der Waals surface area contributed by atoms with Gasteiger partial charge in [-0.25, -0.2) is 9.37 Å². The van der Waals surface area contributed by atoms with Gasteiger partial charge in [0, 0.05) is 17.8 Å². The van der Waals surface area contributed by atoms with E-state index in [0.29, 0.717) is 23.9 Å². The summed E-state index contributed by atoms with van der Waals surface area (Å²) in [6, 6.07) is 5.37. The lowest BCUT2D eigenvalue weighted by atomic mass is 10.1. The maximum atomic E-state index is 14.0. The molecule has 120 valence electrons. The third kappa shape index (κ3) is 3.03. The number of fused-ring (bicyclic) bond motifs is 1.